The molecule has 3 heterocycles. The molecule has 10 nitrogen and oxygen atoms in total. The topological polar surface area (TPSA) is 136 Å². The Morgan fingerprint density at radius 3 is 2.68 bits per heavy atom. The molecule has 0 fully saturated rings. The zero-order valence-electron chi connectivity index (χ0n) is 24.9. The van der Waals surface area contributed by atoms with Crippen molar-refractivity contribution in [1.29, 1.82) is 0 Å². The Kier molecular flexibility index (Phi) is 9.28. The first-order chi connectivity index (χ1) is 21.2. The lowest BCUT2D eigenvalue weighted by molar-refractivity contribution is -0.143. The number of amides is 1. The number of anilines is 2. The van der Waals surface area contributed by atoms with E-state index in [0.29, 0.717) is 40.1 Å². The van der Waals surface area contributed by atoms with E-state index >= 15 is 0 Å². The van der Waals surface area contributed by atoms with Crippen LogP contribution >= 0.6 is 0 Å². The highest BCUT2D eigenvalue weighted by Crippen LogP contribution is 2.35. The van der Waals surface area contributed by atoms with Gasteiger partial charge in [0, 0.05) is 47.3 Å². The normalized spacial score (nSPS) is 17.1. The zero-order valence-corrected chi connectivity index (χ0v) is 24.9. The highest BCUT2D eigenvalue weighted by molar-refractivity contribution is 5.91. The van der Waals surface area contributed by atoms with E-state index < -0.39 is 24.0 Å². The maximum atomic E-state index is 14.3. The van der Waals surface area contributed by atoms with Crippen molar-refractivity contribution >= 4 is 40.0 Å². The number of hydrogen-bond donors (Lipinski definition) is 3. The number of H-pyrrole nitrogens is 1. The second-order valence-electron chi connectivity index (χ2n) is 10.7. The van der Waals surface area contributed by atoms with Crippen molar-refractivity contribution in [2.75, 3.05) is 31.0 Å². The van der Waals surface area contributed by atoms with Gasteiger partial charge in [-0.2, -0.15) is 0 Å². The van der Waals surface area contributed by atoms with Crippen molar-refractivity contribution in [2.45, 2.75) is 45.1 Å². The molecule has 2 atom stereocenters. The van der Waals surface area contributed by atoms with Gasteiger partial charge in [0.1, 0.15) is 11.8 Å². The molecule has 0 saturated heterocycles. The summed E-state index contributed by atoms with van der Waals surface area (Å²) in [5, 5.41) is 7.36. The monoisotopic (exact) mass is 597 g/mol. The largest absolute Gasteiger partial charge is 0.496 e. The molecule has 0 saturated carbocycles. The fourth-order valence-electron chi connectivity index (χ4n) is 5.63. The first kappa shape index (κ1) is 30.3. The second-order valence-corrected chi connectivity index (χ2v) is 10.7. The molecule has 0 spiro atoms. The van der Waals surface area contributed by atoms with Crippen LogP contribution in [0.15, 0.2) is 71.7 Å². The van der Waals surface area contributed by atoms with Gasteiger partial charge in [-0.05, 0) is 72.3 Å². The lowest BCUT2D eigenvalue weighted by atomic mass is 9.86. The Morgan fingerprint density at radius 2 is 1.89 bits per heavy atom. The molecule has 1 aromatic heterocycles. The summed E-state index contributed by atoms with van der Waals surface area (Å²) >= 11 is 0. The van der Waals surface area contributed by atoms with Crippen LogP contribution in [0.4, 0.5) is 16.2 Å². The van der Waals surface area contributed by atoms with Crippen LogP contribution in [0.2, 0.25) is 0 Å². The Labute approximate surface area is 254 Å². The summed E-state index contributed by atoms with van der Waals surface area (Å²) < 4.78 is 16.4. The van der Waals surface area contributed by atoms with Crippen LogP contribution in [0.25, 0.3) is 10.8 Å². The number of hydrogen-bond acceptors (Lipinski definition) is 8. The SMILES string of the molecule is CCOC(=O)C[C@H]1CC(=O)[C@H](Nc2ccc3cc[nH]c(=O)c3c2)c2cc(C)c(c(OC)c2)CCOC(=O)Nc2cccc1c2. The van der Waals surface area contributed by atoms with Gasteiger partial charge in [-0.15, -0.1) is 0 Å². The molecule has 44 heavy (non-hydrogen) atoms. The van der Waals surface area contributed by atoms with E-state index in [-0.39, 0.29) is 37.4 Å². The van der Waals surface area contributed by atoms with Crippen molar-refractivity contribution in [3.8, 4) is 5.75 Å². The Morgan fingerprint density at radius 1 is 1.05 bits per heavy atom. The van der Waals surface area contributed by atoms with E-state index in [1.165, 1.54) is 0 Å². The van der Waals surface area contributed by atoms with Crippen molar-refractivity contribution in [1.82, 2.24) is 4.98 Å². The standard InChI is InChI=1S/C34H35N3O7/c1-4-43-31(39)18-23-16-29(38)32(36-26-9-8-21-10-12-35-33(40)28(21)19-26)24-14-20(2)27(30(17-24)42-3)11-13-44-34(41)37-25-7-5-6-22(23)15-25/h5-10,12,14-15,17,19,23,32,36H,4,11,13,16,18H2,1-3H3,(H,35,40)(H,37,41)/t23-,32-/m1/s1. The Bertz CT molecular complexity index is 1760. The van der Waals surface area contributed by atoms with Crippen LogP contribution in [0.3, 0.4) is 0 Å². The first-order valence-corrected chi connectivity index (χ1v) is 14.5. The van der Waals surface area contributed by atoms with Crippen molar-refractivity contribution in [2.24, 2.45) is 0 Å². The number of carbonyl (C=O) groups is 3. The minimum atomic E-state index is -0.839. The molecule has 10 heteroatoms. The summed E-state index contributed by atoms with van der Waals surface area (Å²) in [6.45, 7) is 3.96. The van der Waals surface area contributed by atoms with Gasteiger partial charge in [-0.1, -0.05) is 24.3 Å². The van der Waals surface area contributed by atoms with Crippen LogP contribution in [-0.2, 0) is 25.5 Å². The number of nitrogens with one attached hydrogen (secondary N) is 3. The number of ketones is 1. The minimum absolute atomic E-state index is 0.0122. The lowest BCUT2D eigenvalue weighted by Crippen LogP contribution is -2.25. The number of pyridine rings is 1. The number of aromatic nitrogens is 1. The predicted molar refractivity (Wildman–Crippen MR) is 167 cm³/mol. The van der Waals surface area contributed by atoms with E-state index in [1.807, 2.05) is 37.3 Å². The quantitative estimate of drug-likeness (QED) is 0.237. The van der Waals surface area contributed by atoms with Crippen molar-refractivity contribution in [3.05, 3.63) is 99.5 Å². The summed E-state index contributed by atoms with van der Waals surface area (Å²) in [6, 6.07) is 17.1. The van der Waals surface area contributed by atoms with Gasteiger partial charge in [0.2, 0.25) is 0 Å². The van der Waals surface area contributed by atoms with E-state index in [1.54, 1.807) is 50.6 Å². The second kappa shape index (κ2) is 13.5. The number of rotatable bonds is 6. The van der Waals surface area contributed by atoms with Crippen molar-refractivity contribution in [3.63, 3.8) is 0 Å². The molecule has 2 aliphatic heterocycles. The number of aryl methyl sites for hydroxylation is 1. The Hall–Kier alpha value is -5.12. The molecule has 3 N–H and O–H groups in total. The zero-order chi connectivity index (χ0) is 31.2. The van der Waals surface area contributed by atoms with Crippen LogP contribution in [0.5, 0.6) is 5.75 Å². The molecule has 0 unspecified atom stereocenters. The highest BCUT2D eigenvalue weighted by Gasteiger charge is 2.28. The van der Waals surface area contributed by atoms with Crippen molar-refractivity contribution < 1.29 is 28.6 Å². The molecule has 3 aromatic carbocycles. The highest BCUT2D eigenvalue weighted by atomic mass is 16.5. The smallest absolute Gasteiger partial charge is 0.411 e. The number of benzene rings is 3. The van der Waals surface area contributed by atoms with Gasteiger partial charge in [0.05, 0.1) is 26.7 Å². The third-order valence-electron chi connectivity index (χ3n) is 7.77. The molecule has 4 bridgehead atoms. The van der Waals surface area contributed by atoms with Crippen LogP contribution in [0, 0.1) is 6.92 Å². The van der Waals surface area contributed by atoms with Crippen LogP contribution in [0.1, 0.15) is 54.0 Å². The van der Waals surface area contributed by atoms with Gasteiger partial charge in [0.25, 0.3) is 5.56 Å². The molecule has 2 aliphatic rings. The van der Waals surface area contributed by atoms with E-state index in [4.69, 9.17) is 14.2 Å². The summed E-state index contributed by atoms with van der Waals surface area (Å²) in [7, 11) is 1.55. The molecule has 4 aromatic rings. The van der Waals surface area contributed by atoms with E-state index in [2.05, 4.69) is 15.6 Å². The summed E-state index contributed by atoms with van der Waals surface area (Å²) in [4.78, 5) is 54.8. The van der Waals surface area contributed by atoms with Gasteiger partial charge < -0.3 is 24.5 Å². The number of aromatic amines is 1. The van der Waals surface area contributed by atoms with E-state index in [0.717, 1.165) is 16.5 Å². The number of esters is 1. The summed E-state index contributed by atoms with van der Waals surface area (Å²) in [5.41, 5.74) is 3.89. The average molecular weight is 598 g/mol. The maximum Gasteiger partial charge on any atom is 0.411 e. The number of carbonyl (C=O) groups excluding carboxylic acids is 3. The predicted octanol–water partition coefficient (Wildman–Crippen LogP) is 5.80. The molecule has 6 rings (SSSR count). The van der Waals surface area contributed by atoms with E-state index in [9.17, 15) is 19.2 Å². The number of fused-ring (bicyclic) bond motifs is 10. The van der Waals surface area contributed by atoms with Gasteiger partial charge in [-0.3, -0.25) is 19.7 Å². The third-order valence-corrected chi connectivity index (χ3v) is 7.77. The maximum absolute atomic E-state index is 14.3. The fraction of sp³-hybridized carbons (Fsp3) is 0.294. The Balaban J connectivity index is 1.61. The van der Waals surface area contributed by atoms with Crippen LogP contribution < -0.4 is 20.9 Å². The molecule has 0 radical (unpaired) electrons. The van der Waals surface area contributed by atoms with Crippen LogP contribution in [-0.4, -0.2) is 43.2 Å². The molecular formula is C34H35N3O7. The number of ether oxygens (including phenoxy) is 3. The summed E-state index contributed by atoms with van der Waals surface area (Å²) in [5.74, 6) is -0.602. The lowest BCUT2D eigenvalue weighted by Gasteiger charge is -2.25. The minimum Gasteiger partial charge on any atom is -0.496 e. The first-order valence-electron chi connectivity index (χ1n) is 14.5. The molecule has 228 valence electrons. The number of Topliss-reactive ketones (excluding diaryl/α,β-unsaturated/α-hetero) is 1. The molecule has 0 aliphatic carbocycles. The fourth-order valence-corrected chi connectivity index (χ4v) is 5.63. The van der Waals surface area contributed by atoms with Gasteiger partial charge >= 0.3 is 12.1 Å². The average Bonchev–Trinajstić information content (AvgIpc) is 3.00. The van der Waals surface area contributed by atoms with Gasteiger partial charge in [-0.25, -0.2) is 4.79 Å². The number of methoxy groups -OCH3 is 1. The van der Waals surface area contributed by atoms with Gasteiger partial charge in [0.15, 0.2) is 5.78 Å². The third kappa shape index (κ3) is 6.91. The summed E-state index contributed by atoms with van der Waals surface area (Å²) in [6.07, 6.45) is 1.34. The molecular weight excluding hydrogens is 562 g/mol. The molecule has 1 amide bonds.